The lowest BCUT2D eigenvalue weighted by Gasteiger charge is -2.41. The number of likely N-dealkylation sites (tertiary alicyclic amines) is 1. The summed E-state index contributed by atoms with van der Waals surface area (Å²) in [6.07, 6.45) is 4.28. The Morgan fingerprint density at radius 2 is 1.74 bits per heavy atom. The Balaban J connectivity index is 1.61. The Labute approximate surface area is 243 Å². The van der Waals surface area contributed by atoms with Gasteiger partial charge in [-0.05, 0) is 73.4 Å². The van der Waals surface area contributed by atoms with E-state index in [1.165, 1.54) is 17.3 Å². The molecular weight excluding hydrogens is 603 g/mol. The van der Waals surface area contributed by atoms with Crippen molar-refractivity contribution in [2.24, 2.45) is 11.3 Å². The molecule has 1 aromatic carbocycles. The number of rotatable bonds is 7. The van der Waals surface area contributed by atoms with Crippen LogP contribution in [0.3, 0.4) is 0 Å². The Morgan fingerprint density at radius 3 is 2.30 bits per heavy atom. The zero-order valence-corrected chi connectivity index (χ0v) is 24.1. The molecule has 43 heavy (non-hydrogen) atoms. The van der Waals surface area contributed by atoms with E-state index in [1.54, 1.807) is 13.0 Å². The Bertz CT molecular complexity index is 1490. The lowest BCUT2D eigenvalue weighted by atomic mass is 9.91. The number of hydrogen-bond donors (Lipinski definition) is 1. The molecule has 3 fully saturated rings. The van der Waals surface area contributed by atoms with E-state index in [1.807, 2.05) is 13.1 Å². The maximum Gasteiger partial charge on any atom is 0.310 e. The maximum atomic E-state index is 14.4. The minimum Gasteiger partial charge on any atom is -0.351 e. The van der Waals surface area contributed by atoms with Crippen molar-refractivity contribution in [2.75, 3.05) is 11.4 Å². The van der Waals surface area contributed by atoms with E-state index in [9.17, 15) is 43.1 Å². The number of alkyl halides is 2. The van der Waals surface area contributed by atoms with Crippen molar-refractivity contribution >= 4 is 27.7 Å². The van der Waals surface area contributed by atoms with Crippen LogP contribution in [0.1, 0.15) is 56.2 Å². The number of pyridine rings is 1. The molecule has 2 aromatic rings. The molecule has 1 aliphatic heterocycles. The second kappa shape index (κ2) is 9.48. The number of aromatic nitrogens is 1. The van der Waals surface area contributed by atoms with Gasteiger partial charge in [-0.15, -0.1) is 0 Å². The smallest absolute Gasteiger partial charge is 0.310 e. The van der Waals surface area contributed by atoms with Crippen LogP contribution in [0.4, 0.5) is 33.9 Å². The molecule has 2 amide bonds. The molecular formula is C28H30F7N5O2S. The second-order valence-electron chi connectivity index (χ2n) is 12.1. The first-order valence-corrected chi connectivity index (χ1v) is 15.6. The number of hydrogen-bond acceptors (Lipinski definition) is 5. The van der Waals surface area contributed by atoms with Gasteiger partial charge in [-0.2, -0.15) is 5.26 Å². The summed E-state index contributed by atoms with van der Waals surface area (Å²) in [5.74, 6) is -4.76. The summed E-state index contributed by atoms with van der Waals surface area (Å²) in [6, 6.07) is -0.0654. The van der Waals surface area contributed by atoms with E-state index < -0.39 is 63.8 Å². The lowest BCUT2D eigenvalue weighted by molar-refractivity contribution is -0.129. The summed E-state index contributed by atoms with van der Waals surface area (Å²) in [7, 11) is -10.1. The van der Waals surface area contributed by atoms with Crippen LogP contribution in [0.2, 0.25) is 0 Å². The average Bonchev–Trinajstić information content (AvgIpc) is 3.47. The van der Waals surface area contributed by atoms with Crippen LogP contribution in [-0.2, 0) is 9.59 Å². The second-order valence-corrected chi connectivity index (χ2v) is 14.5. The highest BCUT2D eigenvalue weighted by Crippen LogP contribution is 3.02. The highest BCUT2D eigenvalue weighted by molar-refractivity contribution is 8.45. The van der Waals surface area contributed by atoms with E-state index in [4.69, 9.17) is 0 Å². The number of amides is 2. The van der Waals surface area contributed by atoms with Crippen LogP contribution >= 0.6 is 10.2 Å². The highest BCUT2D eigenvalue weighted by atomic mass is 32.5. The maximum absolute atomic E-state index is 14.4. The summed E-state index contributed by atoms with van der Waals surface area (Å²) in [5.41, 5.74) is 0.0163. The third kappa shape index (κ3) is 6.11. The van der Waals surface area contributed by atoms with Gasteiger partial charge in [0.25, 0.3) is 5.91 Å². The Hall–Kier alpha value is -3.54. The molecule has 4 atom stereocenters. The molecule has 3 aliphatic rings. The molecule has 0 unspecified atom stereocenters. The summed E-state index contributed by atoms with van der Waals surface area (Å²) in [6.45, 7) is 3.76. The molecule has 5 rings (SSSR count). The van der Waals surface area contributed by atoms with Crippen LogP contribution in [0, 0.1) is 29.7 Å². The van der Waals surface area contributed by atoms with Gasteiger partial charge < -0.3 is 5.32 Å². The fraction of sp³-hybridized carbons (Fsp3) is 0.500. The fourth-order valence-corrected chi connectivity index (χ4v) is 6.91. The molecule has 2 heterocycles. The van der Waals surface area contributed by atoms with Crippen LogP contribution in [-0.4, -0.2) is 46.2 Å². The normalized spacial score (nSPS) is 27.2. The number of aryl methyl sites for hydroxylation is 1. The van der Waals surface area contributed by atoms with E-state index in [0.29, 0.717) is 24.1 Å². The predicted octanol–water partition coefficient (Wildman–Crippen LogP) is 7.01. The molecule has 2 aliphatic carbocycles. The van der Waals surface area contributed by atoms with Gasteiger partial charge in [0.05, 0.1) is 0 Å². The van der Waals surface area contributed by atoms with Crippen molar-refractivity contribution < 1.29 is 37.8 Å². The summed E-state index contributed by atoms with van der Waals surface area (Å²) in [4.78, 5) is 32.4. The number of nitrogens with one attached hydrogen (secondary N) is 1. The van der Waals surface area contributed by atoms with Crippen LogP contribution < -0.4 is 10.2 Å². The van der Waals surface area contributed by atoms with Crippen LogP contribution in [0.15, 0.2) is 47.6 Å². The monoisotopic (exact) mass is 633 g/mol. The molecule has 234 valence electrons. The lowest BCUT2D eigenvalue weighted by Crippen LogP contribution is -2.53. The van der Waals surface area contributed by atoms with Crippen LogP contribution in [0.5, 0.6) is 0 Å². The van der Waals surface area contributed by atoms with E-state index in [0.717, 1.165) is 4.90 Å². The predicted molar refractivity (Wildman–Crippen MR) is 145 cm³/mol. The molecule has 1 N–H and O–H groups in total. The highest BCUT2D eigenvalue weighted by Gasteiger charge is 2.66. The number of carbonyl (C=O) groups excluding carboxylic acids is 2. The number of benzene rings is 1. The largest absolute Gasteiger partial charge is 0.351 e. The third-order valence-electron chi connectivity index (χ3n) is 8.79. The number of anilines is 1. The van der Waals surface area contributed by atoms with Crippen molar-refractivity contribution in [3.63, 3.8) is 0 Å². The molecule has 2 saturated carbocycles. The van der Waals surface area contributed by atoms with E-state index in [-0.39, 0.29) is 54.1 Å². The Kier molecular flexibility index (Phi) is 6.81. The van der Waals surface area contributed by atoms with Gasteiger partial charge in [-0.1, -0.05) is 26.4 Å². The fourth-order valence-electron chi connectivity index (χ4n) is 6.26. The topological polar surface area (TPSA) is 89.3 Å². The number of nitrogens with zero attached hydrogens (tertiary/aromatic N) is 4. The van der Waals surface area contributed by atoms with Gasteiger partial charge in [0.1, 0.15) is 17.0 Å². The zero-order valence-electron chi connectivity index (χ0n) is 23.3. The van der Waals surface area contributed by atoms with Gasteiger partial charge in [0.15, 0.2) is 6.19 Å². The summed E-state index contributed by atoms with van der Waals surface area (Å²) >= 11 is 0. The molecule has 1 saturated heterocycles. The van der Waals surface area contributed by atoms with Crippen LogP contribution in [0.25, 0.3) is 0 Å². The van der Waals surface area contributed by atoms with E-state index in [2.05, 4.69) is 10.3 Å². The molecule has 15 heteroatoms. The third-order valence-corrected chi connectivity index (χ3v) is 9.96. The molecule has 0 radical (unpaired) electrons. The number of fused-ring (bicyclic) bond motifs is 1. The standard InChI is InChI=1S/C28H30F7N5O2S/c1-17-9-12-37-14-21(17)23(25(41)38-18-7-10-28(29,30)11-8-18)40(19-3-5-20(6-4-19)43(31,32,33,34)35)26(42)24-22-13-27(22,2)15-39(24)16-36/h3-6,9,12,14,18,22-24H,7-8,10-11,13,15H2,1-2H3,(H,38,41)/t22-,23+,24+,27+/m0/s1. The number of carbonyl (C=O) groups is 2. The van der Waals surface area contributed by atoms with Crippen molar-refractivity contribution in [3.05, 3.63) is 53.9 Å². The van der Waals surface area contributed by atoms with Gasteiger partial charge >= 0.3 is 10.2 Å². The molecule has 0 bridgehead atoms. The first-order chi connectivity index (χ1) is 19.7. The first kappa shape index (κ1) is 30.9. The first-order valence-electron chi connectivity index (χ1n) is 13.7. The molecule has 0 spiro atoms. The van der Waals surface area contributed by atoms with Crippen molar-refractivity contribution in [2.45, 2.75) is 74.9 Å². The van der Waals surface area contributed by atoms with Crippen molar-refractivity contribution in [1.29, 1.82) is 5.26 Å². The number of nitriles is 1. The van der Waals surface area contributed by atoms with Gasteiger partial charge in [0, 0.05) is 49.1 Å². The summed E-state index contributed by atoms with van der Waals surface area (Å²) < 4.78 is 95.4. The Morgan fingerprint density at radius 1 is 1.12 bits per heavy atom. The minimum atomic E-state index is -10.1. The van der Waals surface area contributed by atoms with Crippen molar-refractivity contribution in [1.82, 2.24) is 15.2 Å². The van der Waals surface area contributed by atoms with Gasteiger partial charge in [0.2, 0.25) is 11.8 Å². The number of piperidine rings is 1. The summed E-state index contributed by atoms with van der Waals surface area (Å²) in [5, 5.41) is 12.5. The van der Waals surface area contributed by atoms with Crippen molar-refractivity contribution in [3.8, 4) is 6.19 Å². The van der Waals surface area contributed by atoms with Gasteiger partial charge in [-0.3, -0.25) is 24.4 Å². The minimum absolute atomic E-state index is 0.0463. The van der Waals surface area contributed by atoms with E-state index >= 15 is 0 Å². The zero-order chi connectivity index (χ0) is 31.7. The average molecular weight is 634 g/mol. The molecule has 7 nitrogen and oxygen atoms in total. The quantitative estimate of drug-likeness (QED) is 0.262. The molecule has 1 aromatic heterocycles. The van der Waals surface area contributed by atoms with Gasteiger partial charge in [-0.25, -0.2) is 8.78 Å². The number of halogens is 7. The SMILES string of the molecule is Cc1ccncc1[C@H](C(=O)NC1CCC(F)(F)CC1)N(C(=O)[C@H]1[C@@H]2C[C@]2(C)CN1C#N)c1ccc(S(F)(F)(F)(F)F)cc1.